The molecule has 0 rings (SSSR count). The van der Waals surface area contributed by atoms with E-state index in [2.05, 4.69) is 4.74 Å². The van der Waals surface area contributed by atoms with Crippen molar-refractivity contribution in [1.29, 1.82) is 5.26 Å². The van der Waals surface area contributed by atoms with Gasteiger partial charge >= 0.3 is 6.09 Å². The topological polar surface area (TPSA) is 62.1 Å². The smallest absolute Gasteiger partial charge is 0.420 e. The average molecular weight is 100 g/mol. The molecule has 0 aliphatic carbocycles. The number of methoxy groups -OCH3 is 1. The molecule has 4 nitrogen and oxygen atoms in total. The molecule has 1 N–H and O–H groups in total. The lowest BCUT2D eigenvalue weighted by Gasteiger charge is -1.88. The Morgan fingerprint density at radius 2 is 2.57 bits per heavy atom. The molecule has 0 aliphatic heterocycles. The van der Waals surface area contributed by atoms with Crippen molar-refractivity contribution < 1.29 is 9.53 Å². The molecule has 0 fully saturated rings. The number of carbonyl (C=O) groups excluding carboxylic acids is 1. The van der Waals surface area contributed by atoms with Crippen molar-refractivity contribution in [2.24, 2.45) is 0 Å². The van der Waals surface area contributed by atoms with Gasteiger partial charge in [-0.2, -0.15) is 5.26 Å². The summed E-state index contributed by atoms with van der Waals surface area (Å²) in [4.78, 5) is 9.86. The fourth-order valence-corrected chi connectivity index (χ4v) is 0.0967. The third-order valence-corrected chi connectivity index (χ3v) is 0.343. The monoisotopic (exact) mass is 100 g/mol. The number of nitriles is 1. The second-order valence-corrected chi connectivity index (χ2v) is 0.728. The maximum absolute atomic E-state index is 9.86. The fraction of sp³-hybridized carbons (Fsp3) is 0.333. The second kappa shape index (κ2) is 2.97. The zero-order valence-corrected chi connectivity index (χ0v) is 3.76. The molecular weight excluding hydrogens is 96.0 g/mol. The van der Waals surface area contributed by atoms with Crippen LogP contribution in [0.4, 0.5) is 4.79 Å². The van der Waals surface area contributed by atoms with E-state index in [1.54, 1.807) is 5.32 Å². The number of nitrogens with one attached hydrogen (secondary N) is 1. The maximum atomic E-state index is 9.86. The van der Waals surface area contributed by atoms with E-state index in [9.17, 15) is 4.79 Å². The Balaban J connectivity index is 3.23. The highest BCUT2D eigenvalue weighted by Gasteiger charge is 1.90. The normalized spacial score (nSPS) is 6.29. The van der Waals surface area contributed by atoms with Gasteiger partial charge in [-0.3, -0.25) is 0 Å². The third-order valence-electron chi connectivity index (χ3n) is 0.343. The number of carbonyl (C=O) groups is 1. The van der Waals surface area contributed by atoms with Crippen LogP contribution in [0.3, 0.4) is 0 Å². The van der Waals surface area contributed by atoms with Crippen LogP contribution in [-0.2, 0) is 4.74 Å². The first-order valence-electron chi connectivity index (χ1n) is 1.54. The molecule has 0 aromatic heterocycles. The lowest BCUT2D eigenvalue weighted by molar-refractivity contribution is 0.176. The molecule has 0 bridgehead atoms. The van der Waals surface area contributed by atoms with Crippen LogP contribution < -0.4 is 5.32 Å². The van der Waals surface area contributed by atoms with Crippen LogP contribution in [0.2, 0.25) is 0 Å². The van der Waals surface area contributed by atoms with E-state index in [1.807, 2.05) is 0 Å². The molecule has 38 valence electrons. The molecule has 7 heavy (non-hydrogen) atoms. The van der Waals surface area contributed by atoms with Gasteiger partial charge in [0.05, 0.1) is 7.11 Å². The predicted octanol–water partition coefficient (Wildman–Crippen LogP) is -0.177. The minimum atomic E-state index is -0.734. The van der Waals surface area contributed by atoms with Gasteiger partial charge in [0.2, 0.25) is 0 Å². The molecule has 0 saturated heterocycles. The maximum Gasteiger partial charge on any atom is 0.420 e. The molecule has 0 unspecified atom stereocenters. The molecule has 4 heteroatoms. The summed E-state index contributed by atoms with van der Waals surface area (Å²) < 4.78 is 4.02. The van der Waals surface area contributed by atoms with Crippen molar-refractivity contribution in [3.63, 3.8) is 0 Å². The number of ether oxygens (including phenoxy) is 1. The van der Waals surface area contributed by atoms with Crippen molar-refractivity contribution in [3.8, 4) is 6.19 Å². The second-order valence-electron chi connectivity index (χ2n) is 0.728. The summed E-state index contributed by atoms with van der Waals surface area (Å²) in [5.41, 5.74) is 0. The van der Waals surface area contributed by atoms with E-state index in [1.165, 1.54) is 13.3 Å². The summed E-state index contributed by atoms with van der Waals surface area (Å²) in [7, 11) is 1.19. The van der Waals surface area contributed by atoms with Gasteiger partial charge in [-0.25, -0.2) is 10.1 Å². The van der Waals surface area contributed by atoms with Crippen LogP contribution in [0.25, 0.3) is 0 Å². The number of hydrogen-bond donors (Lipinski definition) is 1. The Morgan fingerprint density at radius 3 is 2.71 bits per heavy atom. The Bertz CT molecular complexity index is 104. The van der Waals surface area contributed by atoms with Crippen molar-refractivity contribution in [2.75, 3.05) is 7.11 Å². The summed E-state index contributed by atoms with van der Waals surface area (Å²) in [5, 5.41) is 9.45. The van der Waals surface area contributed by atoms with E-state index in [0.717, 1.165) is 0 Å². The average Bonchev–Trinajstić information content (AvgIpc) is 1.68. The molecule has 1 amide bonds. The number of nitrogens with zero attached hydrogens (tertiary/aromatic N) is 1. The highest BCUT2D eigenvalue weighted by atomic mass is 16.5. The molecule has 0 heterocycles. The van der Waals surface area contributed by atoms with E-state index < -0.39 is 6.09 Å². The van der Waals surface area contributed by atoms with Crippen LogP contribution in [0.15, 0.2) is 0 Å². The van der Waals surface area contributed by atoms with Gasteiger partial charge in [0.15, 0.2) is 6.19 Å². The number of alkyl carbamates (subject to hydrolysis) is 1. The van der Waals surface area contributed by atoms with Crippen LogP contribution in [0.1, 0.15) is 0 Å². The minimum absolute atomic E-state index is 0.734. The zero-order valence-electron chi connectivity index (χ0n) is 3.76. The molecule has 0 aliphatic rings. The highest BCUT2D eigenvalue weighted by Crippen LogP contribution is 1.64. The van der Waals surface area contributed by atoms with Crippen molar-refractivity contribution >= 4 is 6.09 Å². The van der Waals surface area contributed by atoms with Gasteiger partial charge in [-0.1, -0.05) is 0 Å². The van der Waals surface area contributed by atoms with Crippen LogP contribution in [0, 0.1) is 11.5 Å². The van der Waals surface area contributed by atoms with Crippen LogP contribution in [-0.4, -0.2) is 13.2 Å². The van der Waals surface area contributed by atoms with E-state index in [4.69, 9.17) is 5.26 Å². The number of amides is 1. The summed E-state index contributed by atoms with van der Waals surface area (Å²) >= 11 is 0. The SMILES string of the molecule is COC(=O)NC#N. The van der Waals surface area contributed by atoms with Crippen LogP contribution >= 0.6 is 0 Å². The van der Waals surface area contributed by atoms with E-state index >= 15 is 0 Å². The van der Waals surface area contributed by atoms with Crippen molar-refractivity contribution in [2.45, 2.75) is 0 Å². The Hall–Kier alpha value is -1.24. The van der Waals surface area contributed by atoms with Gasteiger partial charge < -0.3 is 4.74 Å². The summed E-state index contributed by atoms with van der Waals surface area (Å²) in [6, 6.07) is 0. The lowest BCUT2D eigenvalue weighted by atomic mass is 11.1. The van der Waals surface area contributed by atoms with E-state index in [-0.39, 0.29) is 0 Å². The first-order chi connectivity index (χ1) is 3.31. The quantitative estimate of drug-likeness (QED) is 0.339. The molecular formula is C3H4N2O2. The molecule has 0 saturated carbocycles. The third kappa shape index (κ3) is 2.56. The first kappa shape index (κ1) is 5.76. The largest absolute Gasteiger partial charge is 0.452 e. The fourth-order valence-electron chi connectivity index (χ4n) is 0.0967. The Morgan fingerprint density at radius 1 is 2.00 bits per heavy atom. The van der Waals surface area contributed by atoms with Crippen LogP contribution in [0.5, 0.6) is 0 Å². The number of rotatable bonds is 0. The Kier molecular flexibility index (Phi) is 2.44. The van der Waals surface area contributed by atoms with Gasteiger partial charge in [-0.15, -0.1) is 0 Å². The molecule has 0 aromatic carbocycles. The molecule has 0 radical (unpaired) electrons. The zero-order chi connectivity index (χ0) is 5.70. The standard InChI is InChI=1S/C3H4N2O2/c1-7-3(6)5-2-4/h1H3,(H,5,6). The predicted molar refractivity (Wildman–Crippen MR) is 21.2 cm³/mol. The summed E-state index contributed by atoms with van der Waals surface area (Å²) in [6.07, 6.45) is 0.660. The molecule has 0 spiro atoms. The van der Waals surface area contributed by atoms with Gasteiger partial charge in [0, 0.05) is 0 Å². The van der Waals surface area contributed by atoms with Gasteiger partial charge in [-0.05, 0) is 0 Å². The number of hydrogen-bond acceptors (Lipinski definition) is 3. The van der Waals surface area contributed by atoms with E-state index in [0.29, 0.717) is 0 Å². The summed E-state index contributed by atoms with van der Waals surface area (Å²) in [5.74, 6) is 0. The molecule has 0 atom stereocenters. The minimum Gasteiger partial charge on any atom is -0.452 e. The highest BCUT2D eigenvalue weighted by molar-refractivity contribution is 5.68. The Labute approximate surface area is 40.7 Å². The summed E-state index contributed by atoms with van der Waals surface area (Å²) in [6.45, 7) is 0. The van der Waals surface area contributed by atoms with Crippen molar-refractivity contribution in [1.82, 2.24) is 5.32 Å². The van der Waals surface area contributed by atoms with Gasteiger partial charge in [0.25, 0.3) is 0 Å². The molecule has 0 aromatic rings. The lowest BCUT2D eigenvalue weighted by Crippen LogP contribution is -2.16. The first-order valence-corrected chi connectivity index (χ1v) is 1.54. The van der Waals surface area contributed by atoms with Crippen molar-refractivity contribution in [3.05, 3.63) is 0 Å². The van der Waals surface area contributed by atoms with Gasteiger partial charge in [0.1, 0.15) is 0 Å².